The van der Waals surface area contributed by atoms with Crippen LogP contribution in [0.1, 0.15) is 44.7 Å². The molecule has 0 aliphatic carbocycles. The highest BCUT2D eigenvalue weighted by atomic mass is 16.6. The summed E-state index contributed by atoms with van der Waals surface area (Å²) in [4.78, 5) is 29.2. The summed E-state index contributed by atoms with van der Waals surface area (Å²) in [6.45, 7) is 7.42. The average molecular weight is 439 g/mol. The Labute approximate surface area is 191 Å². The molecule has 1 heterocycles. The average Bonchev–Trinajstić information content (AvgIpc) is 3.24. The quantitative estimate of drug-likeness (QED) is 0.591. The first kappa shape index (κ1) is 23.6. The number of ether oxygens (including phenoxy) is 2. The molecule has 0 bridgehead atoms. The van der Waals surface area contributed by atoms with Crippen LogP contribution in [0.25, 0.3) is 0 Å². The molecule has 1 aliphatic rings. The van der Waals surface area contributed by atoms with Crippen molar-refractivity contribution >= 4 is 12.2 Å². The molecule has 0 saturated carbocycles. The van der Waals surface area contributed by atoms with Crippen LogP contribution in [-0.4, -0.2) is 53.3 Å². The number of carbonyl (C=O) groups is 2. The van der Waals surface area contributed by atoms with Crippen LogP contribution in [0.4, 0.5) is 9.59 Å². The number of likely N-dealkylation sites (tertiary alicyclic amines) is 1. The Balaban J connectivity index is 1.66. The third kappa shape index (κ3) is 7.29. The zero-order valence-electron chi connectivity index (χ0n) is 19.3. The molecular formula is C26H34N2O4. The van der Waals surface area contributed by atoms with Crippen LogP contribution in [0.5, 0.6) is 0 Å². The van der Waals surface area contributed by atoms with Gasteiger partial charge in [-0.25, -0.2) is 9.59 Å². The van der Waals surface area contributed by atoms with E-state index in [0.29, 0.717) is 19.6 Å². The standard InChI is InChI=1S/C26H34N2O4/c1-26(2,3)32-25(30)28-17-10-15-23(28)19-27(18-16-21-11-6-4-7-12-21)24(29)31-20-22-13-8-5-9-14-22/h4-9,11-14,23H,10,15-20H2,1-3H3/t23-/m0/s1. The highest BCUT2D eigenvalue weighted by Gasteiger charge is 2.34. The summed E-state index contributed by atoms with van der Waals surface area (Å²) in [5.74, 6) is 0. The number of carbonyl (C=O) groups excluding carboxylic acids is 2. The number of hydrogen-bond acceptors (Lipinski definition) is 4. The van der Waals surface area contributed by atoms with Gasteiger partial charge in [0, 0.05) is 19.6 Å². The maximum Gasteiger partial charge on any atom is 0.410 e. The van der Waals surface area contributed by atoms with Crippen molar-refractivity contribution in [3.63, 3.8) is 0 Å². The zero-order valence-corrected chi connectivity index (χ0v) is 19.3. The van der Waals surface area contributed by atoms with E-state index in [4.69, 9.17) is 9.47 Å². The molecule has 32 heavy (non-hydrogen) atoms. The first-order valence-corrected chi connectivity index (χ1v) is 11.3. The van der Waals surface area contributed by atoms with Gasteiger partial charge < -0.3 is 19.3 Å². The number of hydrogen-bond donors (Lipinski definition) is 0. The minimum atomic E-state index is -0.550. The molecule has 6 heteroatoms. The predicted molar refractivity (Wildman–Crippen MR) is 124 cm³/mol. The fourth-order valence-electron chi connectivity index (χ4n) is 3.82. The fraction of sp³-hybridized carbons (Fsp3) is 0.462. The van der Waals surface area contributed by atoms with E-state index in [9.17, 15) is 9.59 Å². The Morgan fingerprint density at radius 1 is 1.00 bits per heavy atom. The Bertz CT molecular complexity index is 864. The van der Waals surface area contributed by atoms with Crippen molar-refractivity contribution in [1.29, 1.82) is 0 Å². The number of rotatable bonds is 7. The molecule has 1 atom stereocenters. The predicted octanol–water partition coefficient (Wildman–Crippen LogP) is 5.27. The van der Waals surface area contributed by atoms with E-state index in [0.717, 1.165) is 30.4 Å². The molecule has 0 aromatic heterocycles. The van der Waals surface area contributed by atoms with Gasteiger partial charge in [0.05, 0.1) is 6.04 Å². The molecule has 2 aromatic rings. The molecule has 2 amide bonds. The summed E-state index contributed by atoms with van der Waals surface area (Å²) in [7, 11) is 0. The van der Waals surface area contributed by atoms with Crippen molar-refractivity contribution in [2.75, 3.05) is 19.6 Å². The van der Waals surface area contributed by atoms with Crippen molar-refractivity contribution in [2.24, 2.45) is 0 Å². The van der Waals surface area contributed by atoms with E-state index in [1.54, 1.807) is 9.80 Å². The Morgan fingerprint density at radius 2 is 1.62 bits per heavy atom. The Kier molecular flexibility index (Phi) is 8.14. The maximum absolute atomic E-state index is 13.0. The van der Waals surface area contributed by atoms with Gasteiger partial charge in [-0.15, -0.1) is 0 Å². The lowest BCUT2D eigenvalue weighted by Crippen LogP contribution is -2.47. The number of nitrogens with zero attached hydrogens (tertiary/aromatic N) is 2. The summed E-state index contributed by atoms with van der Waals surface area (Å²) in [5.41, 5.74) is 1.55. The summed E-state index contributed by atoms with van der Waals surface area (Å²) >= 11 is 0. The van der Waals surface area contributed by atoms with E-state index in [-0.39, 0.29) is 24.8 Å². The molecule has 1 saturated heterocycles. The zero-order chi connectivity index (χ0) is 23.0. The van der Waals surface area contributed by atoms with Gasteiger partial charge in [0.25, 0.3) is 0 Å². The lowest BCUT2D eigenvalue weighted by molar-refractivity contribution is 0.0186. The molecule has 2 aromatic carbocycles. The van der Waals surface area contributed by atoms with Gasteiger partial charge in [0.2, 0.25) is 0 Å². The second-order valence-electron chi connectivity index (χ2n) is 9.19. The number of benzene rings is 2. The molecule has 1 fully saturated rings. The Hall–Kier alpha value is -3.02. The Morgan fingerprint density at radius 3 is 2.25 bits per heavy atom. The second-order valence-corrected chi connectivity index (χ2v) is 9.19. The van der Waals surface area contributed by atoms with Crippen molar-refractivity contribution in [3.8, 4) is 0 Å². The molecule has 0 N–H and O–H groups in total. The van der Waals surface area contributed by atoms with Crippen molar-refractivity contribution < 1.29 is 19.1 Å². The summed E-state index contributed by atoms with van der Waals surface area (Å²) in [5, 5.41) is 0. The SMILES string of the molecule is CC(C)(C)OC(=O)N1CCC[C@H]1CN(CCc1ccccc1)C(=O)OCc1ccccc1. The van der Waals surface area contributed by atoms with Gasteiger partial charge in [-0.05, 0) is 51.2 Å². The molecule has 1 aliphatic heterocycles. The molecule has 0 spiro atoms. The highest BCUT2D eigenvalue weighted by molar-refractivity contribution is 5.70. The summed E-state index contributed by atoms with van der Waals surface area (Å²) < 4.78 is 11.2. The smallest absolute Gasteiger partial charge is 0.410 e. The van der Waals surface area contributed by atoms with Gasteiger partial charge in [-0.2, -0.15) is 0 Å². The van der Waals surface area contributed by atoms with Gasteiger partial charge in [-0.3, -0.25) is 0 Å². The van der Waals surface area contributed by atoms with E-state index >= 15 is 0 Å². The lowest BCUT2D eigenvalue weighted by Gasteiger charge is -2.32. The topological polar surface area (TPSA) is 59.1 Å². The molecule has 3 rings (SSSR count). The first-order chi connectivity index (χ1) is 15.3. The van der Waals surface area contributed by atoms with Crippen LogP contribution in [0.3, 0.4) is 0 Å². The van der Waals surface area contributed by atoms with Gasteiger partial charge >= 0.3 is 12.2 Å². The lowest BCUT2D eigenvalue weighted by atomic mass is 10.1. The third-order valence-corrected chi connectivity index (χ3v) is 5.41. The fourth-order valence-corrected chi connectivity index (χ4v) is 3.82. The second kappa shape index (κ2) is 11.0. The minimum absolute atomic E-state index is 0.0788. The van der Waals surface area contributed by atoms with Crippen LogP contribution in [0, 0.1) is 0 Å². The van der Waals surface area contributed by atoms with Crippen LogP contribution in [-0.2, 0) is 22.5 Å². The van der Waals surface area contributed by atoms with Crippen LogP contribution < -0.4 is 0 Å². The van der Waals surface area contributed by atoms with Gasteiger partial charge in [-0.1, -0.05) is 60.7 Å². The molecule has 0 unspecified atom stereocenters. The normalized spacial score (nSPS) is 16.0. The van der Waals surface area contributed by atoms with Crippen LogP contribution >= 0.6 is 0 Å². The van der Waals surface area contributed by atoms with Crippen molar-refractivity contribution in [3.05, 3.63) is 71.8 Å². The molecule has 0 radical (unpaired) electrons. The van der Waals surface area contributed by atoms with Gasteiger partial charge in [0.1, 0.15) is 12.2 Å². The van der Waals surface area contributed by atoms with Crippen LogP contribution in [0.2, 0.25) is 0 Å². The van der Waals surface area contributed by atoms with Gasteiger partial charge in [0.15, 0.2) is 0 Å². The molecule has 172 valence electrons. The van der Waals surface area contributed by atoms with Crippen molar-refractivity contribution in [1.82, 2.24) is 9.80 Å². The number of amides is 2. The summed E-state index contributed by atoms with van der Waals surface area (Å²) in [6.07, 6.45) is 1.78. The third-order valence-electron chi connectivity index (χ3n) is 5.41. The van der Waals surface area contributed by atoms with E-state index < -0.39 is 5.60 Å². The molecule has 6 nitrogen and oxygen atoms in total. The largest absolute Gasteiger partial charge is 0.445 e. The first-order valence-electron chi connectivity index (χ1n) is 11.3. The van der Waals surface area contributed by atoms with E-state index in [1.807, 2.05) is 69.3 Å². The minimum Gasteiger partial charge on any atom is -0.445 e. The maximum atomic E-state index is 13.0. The molecular weight excluding hydrogens is 404 g/mol. The van der Waals surface area contributed by atoms with Crippen molar-refractivity contribution in [2.45, 2.75) is 58.3 Å². The van der Waals surface area contributed by atoms with Crippen LogP contribution in [0.15, 0.2) is 60.7 Å². The van der Waals surface area contributed by atoms with E-state index in [2.05, 4.69) is 12.1 Å². The monoisotopic (exact) mass is 438 g/mol. The van der Waals surface area contributed by atoms with E-state index in [1.165, 1.54) is 0 Å². The summed E-state index contributed by atoms with van der Waals surface area (Å²) in [6, 6.07) is 19.6. The highest BCUT2D eigenvalue weighted by Crippen LogP contribution is 2.22.